The summed E-state index contributed by atoms with van der Waals surface area (Å²) in [6, 6.07) is 74.1. The second-order valence-electron chi connectivity index (χ2n) is 20.2. The van der Waals surface area contributed by atoms with Crippen molar-refractivity contribution in [1.82, 2.24) is 0 Å². The molecule has 92 heavy (non-hydrogen) atoms. The molecule has 0 saturated carbocycles. The van der Waals surface area contributed by atoms with E-state index in [1.54, 1.807) is 73.3 Å². The predicted molar refractivity (Wildman–Crippen MR) is 390 cm³/mol. The van der Waals surface area contributed by atoms with Gasteiger partial charge in [0.05, 0.1) is 13.2 Å². The van der Waals surface area contributed by atoms with Crippen molar-refractivity contribution in [1.29, 1.82) is 0 Å². The third-order valence-electron chi connectivity index (χ3n) is 13.2. The Labute approximate surface area is 567 Å². The SMILES string of the molecule is C=C(CSCCO)C(=O)/C(=C/c1ccc(Cl)cc1)c1ccccc1.C=C(CSCc1ccccc1)C(=O)/C(=C/c1ccc(Cl)cc1)c1ccccc1.CC(=O)/C(=C/c1ccc(Cl)cc1)c1ccccc1.O=C(/C=C/CO)/C(=C/c1ccc(Cl)cc1)c1ccc(F)cc1. The Morgan fingerprint density at radius 1 is 0.424 bits per heavy atom. The third-order valence-corrected chi connectivity index (χ3v) is 16.3. The molecule has 0 atom stereocenters. The molecule has 0 aromatic heterocycles. The van der Waals surface area contributed by atoms with E-state index in [1.807, 2.05) is 188 Å². The molecule has 0 amide bonds. The zero-order chi connectivity index (χ0) is 66.0. The molecule has 0 aliphatic rings. The Morgan fingerprint density at radius 2 is 0.750 bits per heavy atom. The van der Waals surface area contributed by atoms with Crippen molar-refractivity contribution in [3.8, 4) is 0 Å². The van der Waals surface area contributed by atoms with Gasteiger partial charge < -0.3 is 10.2 Å². The number of ketones is 4. The summed E-state index contributed by atoms with van der Waals surface area (Å²) in [5, 5.41) is 20.3. The van der Waals surface area contributed by atoms with Gasteiger partial charge in [0.25, 0.3) is 0 Å². The van der Waals surface area contributed by atoms with Crippen LogP contribution in [0.3, 0.4) is 0 Å². The van der Waals surface area contributed by atoms with Gasteiger partial charge in [0.2, 0.25) is 0 Å². The fraction of sp³-hybridized carbons (Fsp3) is 0.0886. The summed E-state index contributed by atoms with van der Waals surface area (Å²) >= 11 is 26.8. The molecule has 9 aromatic carbocycles. The van der Waals surface area contributed by atoms with Crippen molar-refractivity contribution < 1.29 is 33.8 Å². The number of Topliss-reactive ketones (excluding diaryl/α,β-unsaturated/α-hetero) is 3. The van der Waals surface area contributed by atoms with E-state index < -0.39 is 0 Å². The summed E-state index contributed by atoms with van der Waals surface area (Å²) in [5.74, 6) is 1.86. The first-order valence-corrected chi connectivity index (χ1v) is 32.7. The van der Waals surface area contributed by atoms with E-state index in [0.29, 0.717) is 76.4 Å². The fourth-order valence-electron chi connectivity index (χ4n) is 8.52. The summed E-state index contributed by atoms with van der Waals surface area (Å²) in [4.78, 5) is 50.0. The minimum atomic E-state index is -0.368. The van der Waals surface area contributed by atoms with E-state index >= 15 is 0 Å². The molecular formula is C79H67Cl4FO6S2. The van der Waals surface area contributed by atoms with Gasteiger partial charge >= 0.3 is 0 Å². The number of allylic oxidation sites excluding steroid dienone is 5. The summed E-state index contributed by atoms with van der Waals surface area (Å²) in [7, 11) is 0. The number of benzene rings is 9. The minimum Gasteiger partial charge on any atom is -0.396 e. The zero-order valence-corrected chi connectivity index (χ0v) is 55.1. The highest BCUT2D eigenvalue weighted by atomic mass is 35.5. The van der Waals surface area contributed by atoms with Gasteiger partial charge in [-0.05, 0) is 148 Å². The smallest absolute Gasteiger partial charge is 0.189 e. The van der Waals surface area contributed by atoms with Crippen LogP contribution in [0.2, 0.25) is 20.1 Å². The van der Waals surface area contributed by atoms with Gasteiger partial charge in [0.15, 0.2) is 23.1 Å². The Balaban J connectivity index is 0.000000197. The van der Waals surface area contributed by atoms with Crippen LogP contribution in [0.25, 0.3) is 46.6 Å². The van der Waals surface area contributed by atoms with Crippen molar-refractivity contribution in [2.75, 3.05) is 30.5 Å². The molecule has 0 aliphatic carbocycles. The predicted octanol–water partition coefficient (Wildman–Crippen LogP) is 20.3. The first-order chi connectivity index (χ1) is 44.5. The van der Waals surface area contributed by atoms with Crippen molar-refractivity contribution >= 4 is 140 Å². The number of carbonyl (C=O) groups excluding carboxylic acids is 4. The van der Waals surface area contributed by atoms with E-state index in [4.69, 9.17) is 56.6 Å². The average Bonchev–Trinajstić information content (AvgIpc) is 1.17. The van der Waals surface area contributed by atoms with Crippen LogP contribution in [0.5, 0.6) is 0 Å². The molecule has 0 spiro atoms. The molecule has 13 heteroatoms. The molecule has 0 bridgehead atoms. The van der Waals surface area contributed by atoms with E-state index in [-0.39, 0.29) is 42.2 Å². The van der Waals surface area contributed by atoms with Gasteiger partial charge in [-0.1, -0.05) is 248 Å². The Kier molecular flexibility index (Phi) is 31.4. The summed E-state index contributed by atoms with van der Waals surface area (Å²) < 4.78 is 13.1. The lowest BCUT2D eigenvalue weighted by atomic mass is 9.96. The monoisotopic (exact) mass is 1330 g/mol. The number of rotatable bonds is 24. The van der Waals surface area contributed by atoms with Crippen LogP contribution < -0.4 is 0 Å². The van der Waals surface area contributed by atoms with Crippen molar-refractivity contribution in [3.05, 3.63) is 355 Å². The van der Waals surface area contributed by atoms with Crippen molar-refractivity contribution in [3.63, 3.8) is 0 Å². The van der Waals surface area contributed by atoms with Crippen molar-refractivity contribution in [2.24, 2.45) is 0 Å². The van der Waals surface area contributed by atoms with Crippen LogP contribution >= 0.6 is 69.9 Å². The Morgan fingerprint density at radius 3 is 1.11 bits per heavy atom. The van der Waals surface area contributed by atoms with Crippen LogP contribution in [-0.4, -0.2) is 63.8 Å². The molecule has 2 N–H and O–H groups in total. The van der Waals surface area contributed by atoms with Crippen LogP contribution in [0.4, 0.5) is 4.39 Å². The molecule has 0 radical (unpaired) electrons. The maximum absolute atomic E-state index is 13.2. The first-order valence-electron chi connectivity index (χ1n) is 28.9. The van der Waals surface area contributed by atoms with Gasteiger partial charge in [0.1, 0.15) is 5.82 Å². The second kappa shape index (κ2) is 39.7. The highest BCUT2D eigenvalue weighted by Gasteiger charge is 2.18. The highest BCUT2D eigenvalue weighted by molar-refractivity contribution is 7.99. The first kappa shape index (κ1) is 72.6. The maximum atomic E-state index is 13.2. The molecule has 0 unspecified atom stereocenters. The lowest BCUT2D eigenvalue weighted by molar-refractivity contribution is -0.112. The van der Waals surface area contributed by atoms with Gasteiger partial charge in [-0.2, -0.15) is 23.5 Å². The number of carbonyl (C=O) groups is 4. The van der Waals surface area contributed by atoms with Crippen LogP contribution in [-0.2, 0) is 24.9 Å². The number of aliphatic hydroxyl groups excluding tert-OH is 2. The average molecular weight is 1340 g/mol. The van der Waals surface area contributed by atoms with Gasteiger partial charge in [0, 0.05) is 76.5 Å². The quantitative estimate of drug-likeness (QED) is 0.0350. The fourth-order valence-corrected chi connectivity index (χ4v) is 10.6. The number of hydrogen-bond acceptors (Lipinski definition) is 8. The van der Waals surface area contributed by atoms with Gasteiger partial charge in [-0.25, -0.2) is 4.39 Å². The summed E-state index contributed by atoms with van der Waals surface area (Å²) in [6.45, 7) is 9.43. The lowest BCUT2D eigenvalue weighted by Crippen LogP contribution is -2.07. The van der Waals surface area contributed by atoms with Crippen LogP contribution in [0.1, 0.15) is 57.0 Å². The number of hydrogen-bond donors (Lipinski definition) is 2. The Bertz CT molecular complexity index is 4010. The molecular weight excluding hydrogens is 1270 g/mol. The molecule has 0 fully saturated rings. The summed E-state index contributed by atoms with van der Waals surface area (Å²) in [5.41, 5.74) is 11.6. The molecule has 6 nitrogen and oxygen atoms in total. The topological polar surface area (TPSA) is 109 Å². The maximum Gasteiger partial charge on any atom is 0.189 e. The Hall–Kier alpha value is -8.45. The molecule has 466 valence electrons. The largest absolute Gasteiger partial charge is 0.396 e. The highest BCUT2D eigenvalue weighted by Crippen LogP contribution is 2.28. The normalized spacial score (nSPS) is 11.4. The number of aliphatic hydroxyl groups is 2. The molecule has 0 saturated heterocycles. The molecule has 0 aliphatic heterocycles. The standard InChI is InChI=1S/C25H21ClOS.C20H19ClO2S.C18H14ClFO2.C16H13ClO/c1-19(17-28-18-21-8-4-2-5-9-21)25(27)24(22-10-6-3-7-11-22)16-20-12-14-23(26)15-13-20;1-15(14-24-12-11-22)20(23)19(17-5-3-2-4-6-17)13-16-7-9-18(21)10-8-16;19-15-7-3-13(4-8-15)12-17(18(22)2-1-11-21)14-5-9-16(20)10-6-14;1-12(18)16(14-5-3-2-4-6-14)11-13-7-9-15(17)10-8-13/h2-16H,1,17-18H2;2-10,13,22H,1,11-12,14H2;1-10,12,21H,11H2;2-11H,1H3/b24-16+;19-13+;2-1+,17-12+;16-11-. The third kappa shape index (κ3) is 25.3. The number of halogens is 5. The molecule has 9 aromatic rings. The lowest BCUT2D eigenvalue weighted by Gasteiger charge is -2.10. The summed E-state index contributed by atoms with van der Waals surface area (Å²) in [6.07, 6.45) is 10.0. The zero-order valence-electron chi connectivity index (χ0n) is 50.4. The van der Waals surface area contributed by atoms with E-state index in [0.717, 1.165) is 44.7 Å². The van der Waals surface area contributed by atoms with Crippen molar-refractivity contribution in [2.45, 2.75) is 12.7 Å². The number of thioether (sulfide) groups is 2. The van der Waals surface area contributed by atoms with E-state index in [9.17, 15) is 23.6 Å². The minimum absolute atomic E-state index is 0.0262. The van der Waals surface area contributed by atoms with Crippen LogP contribution in [0, 0.1) is 5.82 Å². The van der Waals surface area contributed by atoms with E-state index in [2.05, 4.69) is 25.3 Å². The van der Waals surface area contributed by atoms with Crippen LogP contribution in [0.15, 0.2) is 279 Å². The molecule has 0 heterocycles. The molecule has 9 rings (SSSR count). The van der Waals surface area contributed by atoms with Gasteiger partial charge in [-0.3, -0.25) is 19.2 Å². The van der Waals surface area contributed by atoms with Gasteiger partial charge in [-0.15, -0.1) is 0 Å². The van der Waals surface area contributed by atoms with E-state index in [1.165, 1.54) is 41.6 Å². The second-order valence-corrected chi connectivity index (χ2v) is 24.0.